The SMILES string of the molecule is CCOC(=O)[C@]1(Cc2ccccc2)[C@@H](CC(=O)OC(C)(C)C)CCN1C(=O)OC(C)(C)C. The summed E-state index contributed by atoms with van der Waals surface area (Å²) >= 11 is 0. The molecule has 7 nitrogen and oxygen atoms in total. The van der Waals surface area contributed by atoms with Crippen LogP contribution in [0.15, 0.2) is 30.3 Å². The molecule has 178 valence electrons. The zero-order chi connectivity index (χ0) is 24.2. The standard InChI is InChI=1S/C25H37NO6/c1-8-30-21(28)25(17-18-12-10-9-11-13-18)19(16-20(27)31-23(2,3)4)14-15-26(25)22(29)32-24(5,6)7/h9-13,19H,8,14-17H2,1-7H3/t19-,25+/m1/s1. The van der Waals surface area contributed by atoms with Gasteiger partial charge in [0.05, 0.1) is 13.0 Å². The van der Waals surface area contributed by atoms with Crippen molar-refractivity contribution in [3.63, 3.8) is 0 Å². The Bertz CT molecular complexity index is 808. The Hall–Kier alpha value is -2.57. The molecule has 0 spiro atoms. The molecule has 0 bridgehead atoms. The molecule has 1 aromatic carbocycles. The normalized spacial score (nSPS) is 21.2. The second kappa shape index (κ2) is 9.92. The van der Waals surface area contributed by atoms with E-state index in [-0.39, 0.29) is 26.0 Å². The molecule has 1 aliphatic heterocycles. The first kappa shape index (κ1) is 25.7. The number of likely N-dealkylation sites (tertiary alicyclic amines) is 1. The minimum atomic E-state index is -1.36. The van der Waals surface area contributed by atoms with Crippen molar-refractivity contribution in [3.8, 4) is 0 Å². The van der Waals surface area contributed by atoms with Gasteiger partial charge in [0.15, 0.2) is 5.54 Å². The molecule has 1 fully saturated rings. The molecule has 1 aromatic rings. The Morgan fingerprint density at radius 1 is 1.00 bits per heavy atom. The molecule has 1 amide bonds. The Morgan fingerprint density at radius 2 is 1.59 bits per heavy atom. The first-order chi connectivity index (χ1) is 14.8. The van der Waals surface area contributed by atoms with Crippen LogP contribution in [0.25, 0.3) is 0 Å². The predicted molar refractivity (Wildman–Crippen MR) is 121 cm³/mol. The molecule has 0 aliphatic carbocycles. The average Bonchev–Trinajstić information content (AvgIpc) is 2.99. The van der Waals surface area contributed by atoms with Gasteiger partial charge >= 0.3 is 18.0 Å². The number of carbonyl (C=O) groups is 3. The van der Waals surface area contributed by atoms with Gasteiger partial charge in [-0.15, -0.1) is 0 Å². The molecular formula is C25H37NO6. The van der Waals surface area contributed by atoms with E-state index >= 15 is 0 Å². The van der Waals surface area contributed by atoms with Gasteiger partial charge in [0, 0.05) is 18.9 Å². The van der Waals surface area contributed by atoms with Gasteiger partial charge < -0.3 is 14.2 Å². The van der Waals surface area contributed by atoms with Gasteiger partial charge in [-0.3, -0.25) is 9.69 Å². The smallest absolute Gasteiger partial charge is 0.411 e. The topological polar surface area (TPSA) is 82.1 Å². The molecule has 1 heterocycles. The second-order valence-corrected chi connectivity index (χ2v) is 10.2. The lowest BCUT2D eigenvalue weighted by Gasteiger charge is -2.40. The summed E-state index contributed by atoms with van der Waals surface area (Å²) in [6.45, 7) is 12.9. The van der Waals surface area contributed by atoms with Crippen molar-refractivity contribution in [2.45, 2.75) is 84.5 Å². The molecular weight excluding hydrogens is 410 g/mol. The minimum Gasteiger partial charge on any atom is -0.464 e. The van der Waals surface area contributed by atoms with Crippen LogP contribution in [0.2, 0.25) is 0 Å². The van der Waals surface area contributed by atoms with Gasteiger partial charge in [-0.1, -0.05) is 30.3 Å². The summed E-state index contributed by atoms with van der Waals surface area (Å²) in [6.07, 6.45) is 0.0966. The maximum Gasteiger partial charge on any atom is 0.411 e. The Labute approximate surface area is 191 Å². The molecule has 0 aromatic heterocycles. The van der Waals surface area contributed by atoms with Crippen molar-refractivity contribution >= 4 is 18.0 Å². The molecule has 2 atom stereocenters. The summed E-state index contributed by atoms with van der Waals surface area (Å²) in [4.78, 5) is 40.9. The van der Waals surface area contributed by atoms with Gasteiger partial charge in [-0.05, 0) is 60.5 Å². The number of hydrogen-bond donors (Lipinski definition) is 0. The summed E-state index contributed by atoms with van der Waals surface area (Å²) in [5.41, 5.74) is -1.87. The van der Waals surface area contributed by atoms with Crippen molar-refractivity contribution in [2.75, 3.05) is 13.2 Å². The first-order valence-corrected chi connectivity index (χ1v) is 11.2. The molecule has 0 N–H and O–H groups in total. The van der Waals surface area contributed by atoms with Crippen molar-refractivity contribution in [1.29, 1.82) is 0 Å². The van der Waals surface area contributed by atoms with Crippen molar-refractivity contribution < 1.29 is 28.6 Å². The largest absolute Gasteiger partial charge is 0.464 e. The van der Waals surface area contributed by atoms with Crippen LogP contribution in [0.5, 0.6) is 0 Å². The van der Waals surface area contributed by atoms with Crippen molar-refractivity contribution in [2.24, 2.45) is 5.92 Å². The monoisotopic (exact) mass is 447 g/mol. The maximum atomic E-state index is 13.5. The van der Waals surface area contributed by atoms with Crippen LogP contribution in [0, 0.1) is 5.92 Å². The third kappa shape index (κ3) is 6.47. The van der Waals surface area contributed by atoms with Gasteiger partial charge in [-0.2, -0.15) is 0 Å². The predicted octanol–water partition coefficient (Wildman–Crippen LogP) is 4.52. The fourth-order valence-electron chi connectivity index (χ4n) is 4.12. The molecule has 0 unspecified atom stereocenters. The molecule has 2 rings (SSSR count). The highest BCUT2D eigenvalue weighted by atomic mass is 16.6. The summed E-state index contributed by atoms with van der Waals surface area (Å²) in [5, 5.41) is 0. The number of esters is 2. The van der Waals surface area contributed by atoms with Crippen molar-refractivity contribution in [3.05, 3.63) is 35.9 Å². The number of ether oxygens (including phenoxy) is 3. The summed E-state index contributed by atoms with van der Waals surface area (Å²) < 4.78 is 16.7. The van der Waals surface area contributed by atoms with Crippen LogP contribution >= 0.6 is 0 Å². The lowest BCUT2D eigenvalue weighted by Crippen LogP contribution is -2.59. The van der Waals surface area contributed by atoms with E-state index in [1.165, 1.54) is 4.90 Å². The van der Waals surface area contributed by atoms with Gasteiger partial charge in [0.2, 0.25) is 0 Å². The highest BCUT2D eigenvalue weighted by Crippen LogP contribution is 2.42. The number of carbonyl (C=O) groups excluding carboxylic acids is 3. The van der Waals surface area contributed by atoms with Gasteiger partial charge in [-0.25, -0.2) is 9.59 Å². The van der Waals surface area contributed by atoms with E-state index in [1.807, 2.05) is 30.3 Å². The Balaban J connectivity index is 2.51. The zero-order valence-corrected chi connectivity index (χ0v) is 20.4. The van der Waals surface area contributed by atoms with E-state index in [0.29, 0.717) is 6.42 Å². The third-order valence-corrected chi connectivity index (χ3v) is 5.25. The van der Waals surface area contributed by atoms with E-state index in [9.17, 15) is 14.4 Å². The molecule has 1 saturated heterocycles. The fourth-order valence-corrected chi connectivity index (χ4v) is 4.12. The van der Waals surface area contributed by atoms with E-state index in [4.69, 9.17) is 14.2 Å². The van der Waals surface area contributed by atoms with E-state index in [1.54, 1.807) is 48.5 Å². The molecule has 32 heavy (non-hydrogen) atoms. The number of rotatable bonds is 6. The highest BCUT2D eigenvalue weighted by molar-refractivity contribution is 5.88. The highest BCUT2D eigenvalue weighted by Gasteiger charge is 2.58. The van der Waals surface area contributed by atoms with Gasteiger partial charge in [0.1, 0.15) is 11.2 Å². The minimum absolute atomic E-state index is 0.00220. The quantitative estimate of drug-likeness (QED) is 0.471. The third-order valence-electron chi connectivity index (χ3n) is 5.25. The lowest BCUT2D eigenvalue weighted by atomic mass is 9.77. The summed E-state index contributed by atoms with van der Waals surface area (Å²) in [5.74, 6) is -1.40. The van der Waals surface area contributed by atoms with Crippen LogP contribution in [-0.2, 0) is 30.2 Å². The van der Waals surface area contributed by atoms with E-state index in [2.05, 4.69) is 0 Å². The Kier molecular flexibility index (Phi) is 7.97. The van der Waals surface area contributed by atoms with Crippen LogP contribution in [0.3, 0.4) is 0 Å². The molecule has 7 heteroatoms. The summed E-state index contributed by atoms with van der Waals surface area (Å²) in [6, 6.07) is 9.45. The molecule has 1 aliphatic rings. The first-order valence-electron chi connectivity index (χ1n) is 11.2. The lowest BCUT2D eigenvalue weighted by molar-refractivity contribution is -0.162. The number of nitrogens with zero attached hydrogens (tertiary/aromatic N) is 1. The zero-order valence-electron chi connectivity index (χ0n) is 20.4. The molecule has 0 radical (unpaired) electrons. The molecule has 0 saturated carbocycles. The maximum absolute atomic E-state index is 13.5. The fraction of sp³-hybridized carbons (Fsp3) is 0.640. The van der Waals surface area contributed by atoms with Crippen LogP contribution < -0.4 is 0 Å². The second-order valence-electron chi connectivity index (χ2n) is 10.2. The van der Waals surface area contributed by atoms with Crippen LogP contribution in [-0.4, -0.2) is 52.8 Å². The Morgan fingerprint density at radius 3 is 2.12 bits per heavy atom. The van der Waals surface area contributed by atoms with Crippen LogP contribution in [0.4, 0.5) is 4.79 Å². The summed E-state index contributed by atoms with van der Waals surface area (Å²) in [7, 11) is 0. The number of amides is 1. The van der Waals surface area contributed by atoms with E-state index in [0.717, 1.165) is 5.56 Å². The van der Waals surface area contributed by atoms with Crippen LogP contribution in [0.1, 0.15) is 66.9 Å². The van der Waals surface area contributed by atoms with Gasteiger partial charge in [0.25, 0.3) is 0 Å². The van der Waals surface area contributed by atoms with E-state index < -0.39 is 40.7 Å². The number of benzene rings is 1. The number of hydrogen-bond acceptors (Lipinski definition) is 6. The van der Waals surface area contributed by atoms with Crippen molar-refractivity contribution in [1.82, 2.24) is 4.90 Å². The average molecular weight is 448 g/mol.